The van der Waals surface area contributed by atoms with Crippen LogP contribution in [0.5, 0.6) is 5.75 Å². The molecule has 1 aromatic carbocycles. The van der Waals surface area contributed by atoms with E-state index in [1.54, 1.807) is 0 Å². The molecule has 29 heavy (non-hydrogen) atoms. The molecule has 6 aliphatic rings. The molecular formula is C23H26N2O4. The second-order valence-corrected chi connectivity index (χ2v) is 9.94. The molecule has 4 saturated carbocycles. The number of ketones is 1. The second-order valence-electron chi connectivity index (χ2n) is 9.94. The number of hydrogen-bond donors (Lipinski definition) is 1. The summed E-state index contributed by atoms with van der Waals surface area (Å²) in [5.41, 5.74) is -0.721. The molecule has 1 unspecified atom stereocenters. The van der Waals surface area contributed by atoms with Crippen LogP contribution in [0.4, 0.5) is 4.79 Å². The topological polar surface area (TPSA) is 75.7 Å². The third-order valence-electron chi connectivity index (χ3n) is 8.19. The largest absolute Gasteiger partial charge is 0.493 e. The van der Waals surface area contributed by atoms with Crippen molar-refractivity contribution in [3.8, 4) is 5.75 Å². The van der Waals surface area contributed by atoms with E-state index in [9.17, 15) is 14.4 Å². The maximum absolute atomic E-state index is 13.5. The van der Waals surface area contributed by atoms with E-state index < -0.39 is 11.6 Å². The third-order valence-corrected chi connectivity index (χ3v) is 8.19. The molecular weight excluding hydrogens is 368 g/mol. The van der Waals surface area contributed by atoms with Crippen molar-refractivity contribution in [1.29, 1.82) is 0 Å². The Morgan fingerprint density at radius 2 is 1.72 bits per heavy atom. The van der Waals surface area contributed by atoms with Gasteiger partial charge in [0.2, 0.25) is 0 Å². The number of fused-ring (bicyclic) bond motifs is 2. The number of carbonyl (C=O) groups is 3. The van der Waals surface area contributed by atoms with Gasteiger partial charge in [-0.2, -0.15) is 0 Å². The van der Waals surface area contributed by atoms with Crippen molar-refractivity contribution in [2.45, 2.75) is 50.5 Å². The molecule has 1 aromatic rings. The van der Waals surface area contributed by atoms with Gasteiger partial charge in [-0.15, -0.1) is 0 Å². The number of urea groups is 1. The van der Waals surface area contributed by atoms with Crippen LogP contribution < -0.4 is 10.1 Å². The Labute approximate surface area is 170 Å². The van der Waals surface area contributed by atoms with Gasteiger partial charge in [-0.3, -0.25) is 14.5 Å². The van der Waals surface area contributed by atoms with E-state index in [2.05, 4.69) is 5.32 Å². The van der Waals surface area contributed by atoms with Crippen LogP contribution in [0.15, 0.2) is 24.3 Å². The molecule has 0 aromatic heterocycles. The molecule has 6 nitrogen and oxygen atoms in total. The monoisotopic (exact) mass is 394 g/mol. The second kappa shape index (κ2) is 5.83. The summed E-state index contributed by atoms with van der Waals surface area (Å²) in [7, 11) is 0. The fourth-order valence-corrected chi connectivity index (χ4v) is 7.28. The molecule has 4 aliphatic carbocycles. The first-order chi connectivity index (χ1) is 14.0. The van der Waals surface area contributed by atoms with Crippen molar-refractivity contribution in [3.05, 3.63) is 29.8 Å². The molecule has 2 heterocycles. The lowest BCUT2D eigenvalue weighted by Crippen LogP contribution is -2.53. The number of benzene rings is 1. The number of nitrogens with zero attached hydrogens (tertiary/aromatic N) is 1. The Balaban J connectivity index is 1.28. The number of hydrogen-bond acceptors (Lipinski definition) is 4. The lowest BCUT2D eigenvalue weighted by molar-refractivity contribution is -0.147. The summed E-state index contributed by atoms with van der Waals surface area (Å²) in [5.74, 6) is 2.38. The van der Waals surface area contributed by atoms with Gasteiger partial charge in [0.1, 0.15) is 5.75 Å². The molecule has 0 radical (unpaired) electrons. The number of Topliss-reactive ketones (excluding diaryl/α,β-unsaturated/α-hetero) is 1. The van der Waals surface area contributed by atoms with Crippen LogP contribution in [0, 0.1) is 23.2 Å². The van der Waals surface area contributed by atoms with Gasteiger partial charge in [-0.05, 0) is 62.3 Å². The van der Waals surface area contributed by atoms with Gasteiger partial charge in [-0.1, -0.05) is 18.2 Å². The van der Waals surface area contributed by atoms with Gasteiger partial charge in [0, 0.05) is 17.4 Å². The predicted octanol–water partition coefficient (Wildman–Crippen LogP) is 3.00. The molecule has 1 spiro atoms. The van der Waals surface area contributed by atoms with E-state index in [0.29, 0.717) is 42.1 Å². The Kier molecular flexibility index (Phi) is 3.52. The van der Waals surface area contributed by atoms with Crippen molar-refractivity contribution >= 4 is 17.7 Å². The quantitative estimate of drug-likeness (QED) is 0.800. The first kappa shape index (κ1) is 17.5. The van der Waals surface area contributed by atoms with Crippen molar-refractivity contribution < 1.29 is 19.1 Å². The molecule has 5 fully saturated rings. The number of carbonyl (C=O) groups excluding carboxylic acids is 3. The van der Waals surface area contributed by atoms with E-state index >= 15 is 0 Å². The van der Waals surface area contributed by atoms with Crippen molar-refractivity contribution in [3.63, 3.8) is 0 Å². The van der Waals surface area contributed by atoms with E-state index in [-0.39, 0.29) is 23.7 Å². The SMILES string of the molecule is O=C1NC2(CCOc3ccccc32)C(=O)N1CC(=O)C12CC3CC(CC(C3)C1)C2. The minimum absolute atomic E-state index is 0.0949. The summed E-state index contributed by atoms with van der Waals surface area (Å²) in [5, 5.41) is 2.91. The molecule has 1 saturated heterocycles. The molecule has 1 atom stereocenters. The summed E-state index contributed by atoms with van der Waals surface area (Å²) >= 11 is 0. The Bertz CT molecular complexity index is 890. The van der Waals surface area contributed by atoms with Gasteiger partial charge in [0.15, 0.2) is 11.3 Å². The first-order valence-electron chi connectivity index (χ1n) is 10.9. The van der Waals surface area contributed by atoms with Gasteiger partial charge in [0.25, 0.3) is 5.91 Å². The van der Waals surface area contributed by atoms with Crippen LogP contribution in [0.1, 0.15) is 50.5 Å². The Morgan fingerprint density at radius 1 is 1.07 bits per heavy atom. The minimum atomic E-state index is -1.10. The van der Waals surface area contributed by atoms with E-state index in [0.717, 1.165) is 19.3 Å². The third kappa shape index (κ3) is 2.37. The summed E-state index contributed by atoms with van der Waals surface area (Å²) in [6, 6.07) is 6.89. The normalized spacial score (nSPS) is 39.4. The van der Waals surface area contributed by atoms with Crippen molar-refractivity contribution in [1.82, 2.24) is 10.2 Å². The fraction of sp³-hybridized carbons (Fsp3) is 0.609. The van der Waals surface area contributed by atoms with Crippen LogP contribution in [0.3, 0.4) is 0 Å². The standard InChI is InChI=1S/C23H26N2O4/c26-19(22-10-14-7-15(11-22)9-16(8-14)12-22)13-25-20(27)23(24-21(25)28)5-6-29-18-4-2-1-3-17(18)23/h1-4,14-16H,5-13H2,(H,24,28). The molecule has 152 valence electrons. The van der Waals surface area contributed by atoms with Gasteiger partial charge in [0.05, 0.1) is 13.2 Å². The van der Waals surface area contributed by atoms with E-state index in [4.69, 9.17) is 4.74 Å². The highest BCUT2D eigenvalue weighted by Crippen LogP contribution is 2.60. The number of ether oxygens (including phenoxy) is 1. The number of nitrogens with one attached hydrogen (secondary N) is 1. The Hall–Kier alpha value is -2.37. The average molecular weight is 394 g/mol. The van der Waals surface area contributed by atoms with Crippen LogP contribution in [-0.2, 0) is 15.1 Å². The summed E-state index contributed by atoms with van der Waals surface area (Å²) in [6.07, 6.45) is 7.01. The highest BCUT2D eigenvalue weighted by atomic mass is 16.5. The number of amides is 3. The van der Waals surface area contributed by atoms with Gasteiger partial charge < -0.3 is 10.1 Å². The Morgan fingerprint density at radius 3 is 2.41 bits per heavy atom. The first-order valence-corrected chi connectivity index (χ1v) is 10.9. The zero-order valence-corrected chi connectivity index (χ0v) is 16.5. The highest BCUT2D eigenvalue weighted by molar-refractivity contribution is 6.10. The van der Waals surface area contributed by atoms with Gasteiger partial charge in [-0.25, -0.2) is 4.79 Å². The predicted molar refractivity (Wildman–Crippen MR) is 104 cm³/mol. The molecule has 1 N–H and O–H groups in total. The van der Waals surface area contributed by atoms with Gasteiger partial charge >= 0.3 is 6.03 Å². The smallest absolute Gasteiger partial charge is 0.325 e. The van der Waals surface area contributed by atoms with Crippen molar-refractivity contribution in [2.24, 2.45) is 23.2 Å². The average Bonchev–Trinajstić information content (AvgIpc) is 2.92. The van der Waals surface area contributed by atoms with Crippen LogP contribution in [0.25, 0.3) is 0 Å². The number of imide groups is 1. The minimum Gasteiger partial charge on any atom is -0.493 e. The fourth-order valence-electron chi connectivity index (χ4n) is 7.28. The zero-order valence-electron chi connectivity index (χ0n) is 16.5. The molecule has 6 heteroatoms. The summed E-state index contributed by atoms with van der Waals surface area (Å²) in [6.45, 7) is 0.265. The zero-order chi connectivity index (χ0) is 19.8. The number of rotatable bonds is 3. The summed E-state index contributed by atoms with van der Waals surface area (Å²) in [4.78, 5) is 40.9. The maximum Gasteiger partial charge on any atom is 0.325 e. The van der Waals surface area contributed by atoms with Crippen molar-refractivity contribution in [2.75, 3.05) is 13.2 Å². The maximum atomic E-state index is 13.5. The lowest BCUT2D eigenvalue weighted by Gasteiger charge is -2.56. The molecule has 7 rings (SSSR count). The molecule has 3 amide bonds. The summed E-state index contributed by atoms with van der Waals surface area (Å²) < 4.78 is 5.69. The van der Waals surface area contributed by atoms with E-state index in [1.165, 1.54) is 24.2 Å². The molecule has 2 aliphatic heterocycles. The van der Waals surface area contributed by atoms with Crippen LogP contribution in [-0.4, -0.2) is 35.8 Å². The lowest BCUT2D eigenvalue weighted by atomic mass is 9.48. The highest BCUT2D eigenvalue weighted by Gasteiger charge is 2.58. The molecule has 4 bridgehead atoms. The van der Waals surface area contributed by atoms with Crippen LogP contribution >= 0.6 is 0 Å². The van der Waals surface area contributed by atoms with E-state index in [1.807, 2.05) is 24.3 Å². The van der Waals surface area contributed by atoms with Crippen LogP contribution in [0.2, 0.25) is 0 Å². The number of para-hydroxylation sites is 1.